The fraction of sp³-hybridized carbons (Fsp3) is 0.222. The topological polar surface area (TPSA) is 97.0 Å². The van der Waals surface area contributed by atoms with Crippen LogP contribution in [0.4, 0.5) is 17.1 Å². The maximum absolute atomic E-state index is 11.2. The molecular formula is C27H25N3O4. The van der Waals surface area contributed by atoms with Gasteiger partial charge in [-0.1, -0.05) is 42.0 Å². The van der Waals surface area contributed by atoms with E-state index in [2.05, 4.69) is 59.7 Å². The fourth-order valence-electron chi connectivity index (χ4n) is 4.94. The molecule has 3 aromatic rings. The van der Waals surface area contributed by atoms with Crippen LogP contribution in [-0.4, -0.2) is 23.4 Å². The molecule has 1 heterocycles. The summed E-state index contributed by atoms with van der Waals surface area (Å²) in [5.41, 5.74) is 5.80. The number of aromatic hydroxyl groups is 1. The number of phenolic OH excluding ortho intramolecular Hbond substituents is 1. The number of hydrogen-bond acceptors (Lipinski definition) is 6. The lowest BCUT2D eigenvalue weighted by molar-refractivity contribution is -0.386. The number of ether oxygens (including phenoxy) is 1. The number of hydrogen-bond donors (Lipinski definition) is 2. The van der Waals surface area contributed by atoms with E-state index in [1.165, 1.54) is 47.8 Å². The molecule has 0 aromatic heterocycles. The van der Waals surface area contributed by atoms with Gasteiger partial charge in [-0.3, -0.25) is 15.1 Å². The predicted molar refractivity (Wildman–Crippen MR) is 133 cm³/mol. The van der Waals surface area contributed by atoms with Gasteiger partial charge in [0.2, 0.25) is 5.75 Å². The SMILES string of the molecule is COc1cc(C=Nc2ccc([C@@H]3Nc4ccc(C)cc4[C@H]4C=CC[C@H]43)cc2)cc([N+](=O)[O-])c1O. The number of anilines is 1. The van der Waals surface area contributed by atoms with E-state index in [1.54, 1.807) is 0 Å². The Balaban J connectivity index is 1.39. The van der Waals surface area contributed by atoms with Crippen LogP contribution in [0.25, 0.3) is 0 Å². The number of allylic oxidation sites excluding steroid dienone is 2. The average Bonchev–Trinajstić information content (AvgIpc) is 3.33. The highest BCUT2D eigenvalue weighted by atomic mass is 16.6. The van der Waals surface area contributed by atoms with Crippen molar-refractivity contribution in [1.82, 2.24) is 0 Å². The highest BCUT2D eigenvalue weighted by Crippen LogP contribution is 2.50. The molecule has 0 fully saturated rings. The van der Waals surface area contributed by atoms with E-state index in [9.17, 15) is 15.2 Å². The number of nitrogens with zero attached hydrogens (tertiary/aromatic N) is 2. The van der Waals surface area contributed by atoms with Gasteiger partial charge in [0.05, 0.1) is 23.8 Å². The number of aliphatic imine (C=N–C) groups is 1. The molecule has 1 aliphatic carbocycles. The maximum Gasteiger partial charge on any atom is 0.315 e. The first kappa shape index (κ1) is 21.7. The third-order valence-electron chi connectivity index (χ3n) is 6.63. The summed E-state index contributed by atoms with van der Waals surface area (Å²) in [6, 6.07) is 17.6. The van der Waals surface area contributed by atoms with Gasteiger partial charge in [-0.2, -0.15) is 0 Å². The van der Waals surface area contributed by atoms with E-state index in [0.717, 1.165) is 12.1 Å². The van der Waals surface area contributed by atoms with Crippen molar-refractivity contribution in [2.24, 2.45) is 10.9 Å². The minimum atomic E-state index is -0.647. The molecule has 34 heavy (non-hydrogen) atoms. The summed E-state index contributed by atoms with van der Waals surface area (Å²) in [4.78, 5) is 15.0. The minimum Gasteiger partial charge on any atom is -0.500 e. The summed E-state index contributed by atoms with van der Waals surface area (Å²) >= 11 is 0. The number of nitrogens with one attached hydrogen (secondary N) is 1. The number of phenols is 1. The number of benzene rings is 3. The number of fused-ring (bicyclic) bond motifs is 3. The Kier molecular flexibility index (Phi) is 5.53. The molecule has 1 aliphatic heterocycles. The van der Waals surface area contributed by atoms with Crippen LogP contribution in [0.1, 0.15) is 40.6 Å². The lowest BCUT2D eigenvalue weighted by atomic mass is 9.76. The van der Waals surface area contributed by atoms with Crippen molar-refractivity contribution in [3.8, 4) is 11.5 Å². The van der Waals surface area contributed by atoms with Gasteiger partial charge in [0.15, 0.2) is 5.75 Å². The van der Waals surface area contributed by atoms with E-state index in [-0.39, 0.29) is 11.8 Å². The van der Waals surface area contributed by atoms with E-state index in [4.69, 9.17) is 4.74 Å². The lowest BCUT2D eigenvalue weighted by Crippen LogP contribution is -2.29. The first-order valence-electron chi connectivity index (χ1n) is 11.2. The van der Waals surface area contributed by atoms with Crippen molar-refractivity contribution in [3.63, 3.8) is 0 Å². The Bertz CT molecular complexity index is 1310. The second-order valence-corrected chi connectivity index (χ2v) is 8.76. The van der Waals surface area contributed by atoms with E-state index < -0.39 is 16.4 Å². The molecule has 0 unspecified atom stereocenters. The molecule has 3 atom stereocenters. The second-order valence-electron chi connectivity index (χ2n) is 8.76. The summed E-state index contributed by atoms with van der Waals surface area (Å²) in [5.74, 6) is 0.419. The molecule has 3 aromatic carbocycles. The molecule has 7 nitrogen and oxygen atoms in total. The number of nitro benzene ring substituents is 1. The zero-order valence-corrected chi connectivity index (χ0v) is 18.9. The van der Waals surface area contributed by atoms with Crippen molar-refractivity contribution < 1.29 is 14.8 Å². The van der Waals surface area contributed by atoms with Crippen molar-refractivity contribution in [2.45, 2.75) is 25.3 Å². The molecule has 2 aliphatic rings. The largest absolute Gasteiger partial charge is 0.500 e. The smallest absolute Gasteiger partial charge is 0.315 e. The lowest BCUT2D eigenvalue weighted by Gasteiger charge is -2.37. The van der Waals surface area contributed by atoms with Gasteiger partial charge < -0.3 is 15.2 Å². The van der Waals surface area contributed by atoms with Crippen LogP contribution in [0.5, 0.6) is 11.5 Å². The molecule has 5 rings (SSSR count). The predicted octanol–water partition coefficient (Wildman–Crippen LogP) is 6.19. The molecule has 0 amide bonds. The molecular weight excluding hydrogens is 430 g/mol. The zero-order chi connectivity index (χ0) is 23.8. The van der Waals surface area contributed by atoms with Crippen molar-refractivity contribution in [1.29, 1.82) is 0 Å². The van der Waals surface area contributed by atoms with Crippen molar-refractivity contribution in [2.75, 3.05) is 12.4 Å². The first-order valence-corrected chi connectivity index (χ1v) is 11.2. The standard InChI is InChI=1S/C27H25N3O4/c1-16-6-11-23-22(12-16)20-4-3-5-21(20)26(29-23)18-7-9-19(10-8-18)28-15-17-13-24(30(32)33)27(31)25(14-17)34-2/h3-4,6-15,20-21,26,29,31H,5H2,1-2H3/t20-,21+,26-/m0/s1. The van der Waals surface area contributed by atoms with Gasteiger partial charge in [0, 0.05) is 29.4 Å². The Morgan fingerprint density at radius 2 is 1.97 bits per heavy atom. The van der Waals surface area contributed by atoms with E-state index in [1.807, 2.05) is 12.1 Å². The molecule has 2 N–H and O–H groups in total. The maximum atomic E-state index is 11.2. The second kappa shape index (κ2) is 8.67. The quantitative estimate of drug-likeness (QED) is 0.207. The normalized spacial score (nSPS) is 20.6. The fourth-order valence-corrected chi connectivity index (χ4v) is 4.94. The van der Waals surface area contributed by atoms with Crippen LogP contribution < -0.4 is 10.1 Å². The number of rotatable bonds is 5. The number of methoxy groups -OCH3 is 1. The third-order valence-corrected chi connectivity index (χ3v) is 6.63. The third kappa shape index (κ3) is 3.90. The van der Waals surface area contributed by atoms with Crippen molar-refractivity contribution in [3.05, 3.63) is 99.1 Å². The van der Waals surface area contributed by atoms with Crippen LogP contribution in [0.3, 0.4) is 0 Å². The summed E-state index contributed by atoms with van der Waals surface area (Å²) in [6.45, 7) is 2.13. The molecule has 0 radical (unpaired) electrons. The number of nitro groups is 1. The van der Waals surface area contributed by atoms with E-state index >= 15 is 0 Å². The van der Waals surface area contributed by atoms with Crippen LogP contribution in [-0.2, 0) is 0 Å². The minimum absolute atomic E-state index is 0.0320. The summed E-state index contributed by atoms with van der Waals surface area (Å²) in [6.07, 6.45) is 7.18. The average molecular weight is 456 g/mol. The van der Waals surface area contributed by atoms with Gasteiger partial charge in [0.1, 0.15) is 0 Å². The Morgan fingerprint density at radius 1 is 1.18 bits per heavy atom. The van der Waals surface area contributed by atoms with Crippen LogP contribution in [0, 0.1) is 23.0 Å². The summed E-state index contributed by atoms with van der Waals surface area (Å²) in [7, 11) is 1.35. The van der Waals surface area contributed by atoms with Gasteiger partial charge in [-0.05, 0) is 54.7 Å². The Morgan fingerprint density at radius 3 is 2.71 bits per heavy atom. The van der Waals surface area contributed by atoms with Gasteiger partial charge in [-0.25, -0.2) is 0 Å². The Labute approximate surface area is 197 Å². The zero-order valence-electron chi connectivity index (χ0n) is 18.9. The highest BCUT2D eigenvalue weighted by molar-refractivity contribution is 5.85. The summed E-state index contributed by atoms with van der Waals surface area (Å²) < 4.78 is 5.05. The van der Waals surface area contributed by atoms with Gasteiger partial charge in [0.25, 0.3) is 0 Å². The van der Waals surface area contributed by atoms with Crippen LogP contribution >= 0.6 is 0 Å². The molecule has 0 bridgehead atoms. The monoisotopic (exact) mass is 455 g/mol. The summed E-state index contributed by atoms with van der Waals surface area (Å²) in [5, 5.41) is 24.9. The van der Waals surface area contributed by atoms with Gasteiger partial charge in [-0.15, -0.1) is 0 Å². The Hall–Kier alpha value is -4.13. The molecule has 0 saturated carbocycles. The highest BCUT2D eigenvalue weighted by Gasteiger charge is 2.37. The number of aryl methyl sites for hydroxylation is 1. The van der Waals surface area contributed by atoms with Crippen LogP contribution in [0.15, 0.2) is 71.7 Å². The van der Waals surface area contributed by atoms with Gasteiger partial charge >= 0.3 is 5.69 Å². The van der Waals surface area contributed by atoms with E-state index in [0.29, 0.717) is 17.4 Å². The first-order chi connectivity index (χ1) is 16.4. The molecule has 172 valence electrons. The molecule has 7 heteroatoms. The molecule has 0 spiro atoms. The molecule has 0 saturated heterocycles. The van der Waals surface area contributed by atoms with Crippen molar-refractivity contribution >= 4 is 23.3 Å². The van der Waals surface area contributed by atoms with Crippen LogP contribution in [0.2, 0.25) is 0 Å².